The van der Waals surface area contributed by atoms with Crippen molar-refractivity contribution in [2.24, 2.45) is 0 Å². The average molecular weight is 341 g/mol. The third-order valence-corrected chi connectivity index (χ3v) is 4.63. The molecule has 0 saturated carbocycles. The molecule has 24 heavy (non-hydrogen) atoms. The summed E-state index contributed by atoms with van der Waals surface area (Å²) in [6, 6.07) is 9.99. The van der Waals surface area contributed by atoms with Gasteiger partial charge in [0.05, 0.1) is 6.33 Å². The van der Waals surface area contributed by atoms with E-state index in [-0.39, 0.29) is 6.23 Å². The highest BCUT2D eigenvalue weighted by molar-refractivity contribution is 7.98. The highest BCUT2D eigenvalue weighted by atomic mass is 32.2. The maximum Gasteiger partial charge on any atom is 0.191 e. The summed E-state index contributed by atoms with van der Waals surface area (Å²) in [7, 11) is 0. The van der Waals surface area contributed by atoms with Crippen molar-refractivity contribution in [1.29, 1.82) is 0 Å². The summed E-state index contributed by atoms with van der Waals surface area (Å²) < 4.78 is 7.93. The molecule has 1 aliphatic heterocycles. The van der Waals surface area contributed by atoms with E-state index in [2.05, 4.69) is 20.3 Å². The van der Waals surface area contributed by atoms with Crippen molar-refractivity contribution in [2.75, 3.05) is 18.2 Å². The standard InChI is InChI=1S/C17H19N5OS/c1-24-17-20-15(19-12-7-3-2-4-8-12)14-16(21-17)22(11-18-14)13-9-5-6-10-23-13/h2-4,7-8,11,13H,5-6,9-10H2,1H3,(H,19,20,21). The molecular weight excluding hydrogens is 322 g/mol. The lowest BCUT2D eigenvalue weighted by atomic mass is 10.2. The van der Waals surface area contributed by atoms with E-state index in [9.17, 15) is 0 Å². The smallest absolute Gasteiger partial charge is 0.191 e. The van der Waals surface area contributed by atoms with Gasteiger partial charge >= 0.3 is 0 Å². The topological polar surface area (TPSA) is 64.9 Å². The second-order valence-corrected chi connectivity index (χ2v) is 6.47. The van der Waals surface area contributed by atoms with E-state index in [0.29, 0.717) is 0 Å². The summed E-state index contributed by atoms with van der Waals surface area (Å²) in [6.45, 7) is 0.792. The summed E-state index contributed by atoms with van der Waals surface area (Å²) in [5.74, 6) is 0.727. The van der Waals surface area contributed by atoms with Crippen LogP contribution in [0.25, 0.3) is 11.2 Å². The lowest BCUT2D eigenvalue weighted by molar-refractivity contribution is -0.0298. The van der Waals surface area contributed by atoms with Crippen molar-refractivity contribution in [3.63, 3.8) is 0 Å². The minimum atomic E-state index is 0.0120. The fourth-order valence-electron chi connectivity index (χ4n) is 2.89. The number of hydrogen-bond acceptors (Lipinski definition) is 6. The molecule has 0 spiro atoms. The van der Waals surface area contributed by atoms with Gasteiger partial charge < -0.3 is 10.1 Å². The van der Waals surface area contributed by atoms with Gasteiger partial charge in [-0.1, -0.05) is 30.0 Å². The number of nitrogens with one attached hydrogen (secondary N) is 1. The number of imidazole rings is 1. The van der Waals surface area contributed by atoms with E-state index in [1.807, 2.05) is 47.5 Å². The molecule has 1 aromatic carbocycles. The van der Waals surface area contributed by atoms with Gasteiger partial charge in [0.25, 0.3) is 0 Å². The molecule has 0 radical (unpaired) electrons. The zero-order valence-electron chi connectivity index (χ0n) is 13.5. The molecular formula is C17H19N5OS. The van der Waals surface area contributed by atoms with Gasteiger partial charge in [0, 0.05) is 12.3 Å². The molecule has 3 heterocycles. The molecule has 0 amide bonds. The molecule has 1 atom stereocenters. The molecule has 1 fully saturated rings. The summed E-state index contributed by atoms with van der Waals surface area (Å²) in [6.07, 6.45) is 7.08. The van der Waals surface area contributed by atoms with Crippen LogP contribution >= 0.6 is 11.8 Å². The molecule has 4 rings (SSSR count). The summed E-state index contributed by atoms with van der Waals surface area (Å²) in [5, 5.41) is 4.08. The number of aromatic nitrogens is 4. The van der Waals surface area contributed by atoms with Gasteiger partial charge in [0.1, 0.15) is 6.23 Å². The number of nitrogens with zero attached hydrogens (tertiary/aromatic N) is 4. The van der Waals surface area contributed by atoms with Crippen LogP contribution < -0.4 is 5.32 Å². The second kappa shape index (κ2) is 6.78. The number of anilines is 2. The number of ether oxygens (including phenoxy) is 1. The largest absolute Gasteiger partial charge is 0.358 e. The Balaban J connectivity index is 1.77. The van der Waals surface area contributed by atoms with Crippen LogP contribution in [0.4, 0.5) is 11.5 Å². The molecule has 7 heteroatoms. The van der Waals surface area contributed by atoms with Crippen LogP contribution in [0.15, 0.2) is 41.8 Å². The number of hydrogen-bond donors (Lipinski definition) is 1. The monoisotopic (exact) mass is 341 g/mol. The van der Waals surface area contributed by atoms with Gasteiger partial charge in [-0.3, -0.25) is 4.57 Å². The van der Waals surface area contributed by atoms with E-state index in [0.717, 1.165) is 47.3 Å². The number of fused-ring (bicyclic) bond motifs is 1. The molecule has 1 N–H and O–H groups in total. The predicted molar refractivity (Wildman–Crippen MR) is 95.7 cm³/mol. The Kier molecular flexibility index (Phi) is 4.36. The first kappa shape index (κ1) is 15.4. The predicted octanol–water partition coefficient (Wildman–Crippen LogP) is 3.99. The lowest BCUT2D eigenvalue weighted by Gasteiger charge is -2.23. The normalized spacial score (nSPS) is 18.0. The fraction of sp³-hybridized carbons (Fsp3) is 0.353. The third-order valence-electron chi connectivity index (χ3n) is 4.09. The summed E-state index contributed by atoms with van der Waals surface area (Å²) >= 11 is 1.52. The Bertz CT molecular complexity index is 830. The first-order valence-electron chi connectivity index (χ1n) is 8.07. The lowest BCUT2D eigenvalue weighted by Crippen LogP contribution is -2.17. The first-order chi connectivity index (χ1) is 11.8. The average Bonchev–Trinajstić information content (AvgIpc) is 3.07. The molecule has 0 bridgehead atoms. The van der Waals surface area contributed by atoms with Crippen molar-refractivity contribution in [2.45, 2.75) is 30.6 Å². The summed E-state index contributed by atoms with van der Waals surface area (Å²) in [4.78, 5) is 13.8. The van der Waals surface area contributed by atoms with Crippen LogP contribution in [-0.4, -0.2) is 32.4 Å². The maximum atomic E-state index is 5.90. The maximum absolute atomic E-state index is 5.90. The third kappa shape index (κ3) is 2.97. The van der Waals surface area contributed by atoms with E-state index < -0.39 is 0 Å². The molecule has 1 aliphatic rings. The summed E-state index contributed by atoms with van der Waals surface area (Å²) in [5.41, 5.74) is 2.57. The first-order valence-corrected chi connectivity index (χ1v) is 9.30. The van der Waals surface area contributed by atoms with Crippen LogP contribution in [0.1, 0.15) is 25.5 Å². The molecule has 3 aromatic rings. The van der Waals surface area contributed by atoms with Crippen molar-refractivity contribution in [3.05, 3.63) is 36.7 Å². The number of benzene rings is 1. The number of para-hydroxylation sites is 1. The van der Waals surface area contributed by atoms with E-state index in [1.54, 1.807) is 0 Å². The zero-order valence-corrected chi connectivity index (χ0v) is 14.3. The zero-order chi connectivity index (χ0) is 16.4. The van der Waals surface area contributed by atoms with Gasteiger partial charge in [0.2, 0.25) is 0 Å². The SMILES string of the molecule is CSc1nc(Nc2ccccc2)c2ncn(C3CCCCO3)c2n1. The van der Waals surface area contributed by atoms with Crippen molar-refractivity contribution >= 4 is 34.4 Å². The van der Waals surface area contributed by atoms with Crippen LogP contribution in [0.3, 0.4) is 0 Å². The number of thioether (sulfide) groups is 1. The van der Waals surface area contributed by atoms with Gasteiger partial charge in [-0.25, -0.2) is 15.0 Å². The highest BCUT2D eigenvalue weighted by Gasteiger charge is 2.21. The van der Waals surface area contributed by atoms with Gasteiger partial charge in [-0.15, -0.1) is 0 Å². The molecule has 124 valence electrons. The quantitative estimate of drug-likeness (QED) is 0.572. The van der Waals surface area contributed by atoms with Gasteiger partial charge in [-0.05, 0) is 37.7 Å². The minimum absolute atomic E-state index is 0.0120. The molecule has 2 aromatic heterocycles. The molecule has 1 saturated heterocycles. The van der Waals surface area contributed by atoms with Crippen LogP contribution in [-0.2, 0) is 4.74 Å². The Morgan fingerprint density at radius 3 is 2.83 bits per heavy atom. The van der Waals surface area contributed by atoms with Gasteiger partial charge in [-0.2, -0.15) is 0 Å². The van der Waals surface area contributed by atoms with Crippen LogP contribution in [0.5, 0.6) is 0 Å². The van der Waals surface area contributed by atoms with Gasteiger partial charge in [0.15, 0.2) is 22.1 Å². The highest BCUT2D eigenvalue weighted by Crippen LogP contribution is 2.30. The number of rotatable bonds is 4. The second-order valence-electron chi connectivity index (χ2n) is 5.70. The van der Waals surface area contributed by atoms with Crippen LogP contribution in [0.2, 0.25) is 0 Å². The molecule has 1 unspecified atom stereocenters. The minimum Gasteiger partial charge on any atom is -0.358 e. The van der Waals surface area contributed by atoms with Crippen molar-refractivity contribution < 1.29 is 4.74 Å². The van der Waals surface area contributed by atoms with E-state index in [1.165, 1.54) is 18.2 Å². The Labute approximate surface area is 144 Å². The fourth-order valence-corrected chi connectivity index (χ4v) is 3.25. The van der Waals surface area contributed by atoms with Crippen molar-refractivity contribution in [1.82, 2.24) is 19.5 Å². The Hall–Kier alpha value is -2.12. The van der Waals surface area contributed by atoms with Crippen molar-refractivity contribution in [3.8, 4) is 0 Å². The van der Waals surface area contributed by atoms with E-state index >= 15 is 0 Å². The van der Waals surface area contributed by atoms with Crippen LogP contribution in [0, 0.1) is 0 Å². The Morgan fingerprint density at radius 2 is 2.08 bits per heavy atom. The molecule has 0 aliphatic carbocycles. The van der Waals surface area contributed by atoms with E-state index in [4.69, 9.17) is 4.74 Å². The Morgan fingerprint density at radius 1 is 1.21 bits per heavy atom. The molecule has 6 nitrogen and oxygen atoms in total.